The Balaban J connectivity index is 1.34. The van der Waals surface area contributed by atoms with Crippen molar-refractivity contribution in [3.8, 4) is 0 Å². The Kier molecular flexibility index (Phi) is 8.39. The highest BCUT2D eigenvalue weighted by Gasteiger charge is 2.47. The number of H-pyrrole nitrogens is 1. The van der Waals surface area contributed by atoms with E-state index in [9.17, 15) is 22.8 Å². The van der Waals surface area contributed by atoms with E-state index in [1.807, 2.05) is 54.7 Å². The van der Waals surface area contributed by atoms with Crippen LogP contribution in [0.15, 0.2) is 54.7 Å². The number of piperidine rings is 1. The summed E-state index contributed by atoms with van der Waals surface area (Å²) in [7, 11) is -2.76. The summed E-state index contributed by atoms with van der Waals surface area (Å²) in [6.45, 7) is 4.10. The zero-order valence-electron chi connectivity index (χ0n) is 24.7. The lowest BCUT2D eigenvalue weighted by molar-refractivity contribution is -0.138. The minimum absolute atomic E-state index is 0.181. The summed E-state index contributed by atoms with van der Waals surface area (Å²) >= 11 is 0. The lowest BCUT2D eigenvalue weighted by atomic mass is 9.73. The first kappa shape index (κ1) is 30.7. The van der Waals surface area contributed by atoms with Gasteiger partial charge in [-0.25, -0.2) is 13.1 Å². The lowest BCUT2D eigenvalue weighted by Crippen LogP contribution is -2.58. The summed E-state index contributed by atoms with van der Waals surface area (Å²) in [6, 6.07) is 14.2. The number of aromatic nitrogens is 1. The fourth-order valence-corrected chi connectivity index (χ4v) is 7.54. The van der Waals surface area contributed by atoms with Gasteiger partial charge in [-0.2, -0.15) is 0 Å². The highest BCUT2D eigenvalue weighted by Crippen LogP contribution is 2.51. The van der Waals surface area contributed by atoms with Crippen molar-refractivity contribution in [3.05, 3.63) is 71.4 Å². The molecule has 2 aromatic carbocycles. The maximum atomic E-state index is 14.0. The van der Waals surface area contributed by atoms with E-state index in [2.05, 4.69) is 19.8 Å². The number of hydrogen-bond acceptors (Lipinski definition) is 7. The van der Waals surface area contributed by atoms with Gasteiger partial charge in [0.25, 0.3) is 0 Å². The first-order valence-electron chi connectivity index (χ1n) is 14.4. The van der Waals surface area contributed by atoms with Crippen LogP contribution in [-0.4, -0.2) is 73.6 Å². The molecule has 1 spiro atoms. The number of esters is 1. The quantitative estimate of drug-likeness (QED) is 0.270. The van der Waals surface area contributed by atoms with Gasteiger partial charge in [-0.05, 0) is 55.9 Å². The number of carbonyl (C=O) groups excluding carboxylic acids is 3. The molecule has 1 saturated heterocycles. The summed E-state index contributed by atoms with van der Waals surface area (Å²) in [5, 5.41) is 3.89. The number of benzene rings is 2. The van der Waals surface area contributed by atoms with Gasteiger partial charge in [-0.1, -0.05) is 42.5 Å². The number of para-hydroxylation sites is 1. The van der Waals surface area contributed by atoms with Crippen LogP contribution in [0.2, 0.25) is 0 Å². The van der Waals surface area contributed by atoms with Crippen LogP contribution in [0.25, 0.3) is 10.9 Å². The Morgan fingerprint density at radius 3 is 2.49 bits per heavy atom. The van der Waals surface area contributed by atoms with Crippen LogP contribution in [0, 0.1) is 0 Å². The fourth-order valence-electron chi connectivity index (χ4n) is 6.39. The second-order valence-corrected chi connectivity index (χ2v) is 14.0. The third-order valence-corrected chi connectivity index (χ3v) is 9.94. The van der Waals surface area contributed by atoms with Crippen LogP contribution in [0.4, 0.5) is 0 Å². The Labute approximate surface area is 251 Å². The molecule has 2 amide bonds. The van der Waals surface area contributed by atoms with Crippen molar-refractivity contribution in [2.45, 2.75) is 62.6 Å². The van der Waals surface area contributed by atoms with E-state index in [-0.39, 0.29) is 11.3 Å². The van der Waals surface area contributed by atoms with Gasteiger partial charge in [0.15, 0.2) is 5.75 Å². The van der Waals surface area contributed by atoms with Gasteiger partial charge in [0.1, 0.15) is 6.04 Å². The van der Waals surface area contributed by atoms with Crippen molar-refractivity contribution in [1.82, 2.24) is 19.9 Å². The summed E-state index contributed by atoms with van der Waals surface area (Å²) in [5.74, 6) is -2.17. The largest absolute Gasteiger partial charge is 0.468 e. The van der Waals surface area contributed by atoms with E-state index in [0.29, 0.717) is 38.8 Å². The molecule has 1 aliphatic heterocycles. The molecular formula is C31H39N5O6S. The Bertz CT molecular complexity index is 1640. The zero-order chi connectivity index (χ0) is 31.0. The normalized spacial score (nSPS) is 18.8. The van der Waals surface area contributed by atoms with E-state index in [1.165, 1.54) is 0 Å². The molecule has 0 saturated carbocycles. The van der Waals surface area contributed by atoms with Crippen molar-refractivity contribution in [3.63, 3.8) is 0 Å². The van der Waals surface area contributed by atoms with Crippen LogP contribution in [-0.2, 0) is 41.0 Å². The van der Waals surface area contributed by atoms with Gasteiger partial charge < -0.3 is 25.7 Å². The number of likely N-dealkylation sites (tertiary alicyclic amines) is 1. The van der Waals surface area contributed by atoms with Crippen LogP contribution >= 0.6 is 0 Å². The lowest BCUT2D eigenvalue weighted by Gasteiger charge is -2.41. The molecule has 2 heterocycles. The van der Waals surface area contributed by atoms with Crippen LogP contribution < -0.4 is 15.8 Å². The van der Waals surface area contributed by atoms with Crippen molar-refractivity contribution in [2.75, 3.05) is 26.0 Å². The second-order valence-electron chi connectivity index (χ2n) is 12.2. The summed E-state index contributed by atoms with van der Waals surface area (Å²) in [6.07, 6.45) is 3.94. The van der Waals surface area contributed by atoms with Gasteiger partial charge in [-0.15, -0.1) is 0 Å². The van der Waals surface area contributed by atoms with Gasteiger partial charge in [0.05, 0.1) is 12.6 Å². The number of nitrogens with two attached hydrogens (primary N) is 1. The molecule has 3 aromatic rings. The topological polar surface area (TPSA) is 164 Å². The molecule has 2 atom stereocenters. The number of fused-ring (bicyclic) bond motifs is 3. The molecule has 5 rings (SSSR count). The SMILES string of the molecule is COC(=O)CS(=O)(=O)N[C@@H]1CC2(CCN(C(=O)C(Cc3c[nH]c4ccccc34)NC(=O)C(C)(C)N)CC2)c2ccccc21. The number of ether oxygens (including phenoxy) is 1. The third kappa shape index (κ3) is 6.46. The number of hydrogen-bond donors (Lipinski definition) is 4. The smallest absolute Gasteiger partial charge is 0.322 e. The number of sulfonamides is 1. The molecular weight excluding hydrogens is 570 g/mol. The van der Waals surface area contributed by atoms with Gasteiger partial charge >= 0.3 is 5.97 Å². The maximum Gasteiger partial charge on any atom is 0.322 e. The number of rotatable bonds is 9. The van der Waals surface area contributed by atoms with Gasteiger partial charge in [0, 0.05) is 48.1 Å². The number of nitrogens with zero attached hydrogens (tertiary/aromatic N) is 1. The molecule has 230 valence electrons. The molecule has 0 radical (unpaired) electrons. The number of nitrogens with one attached hydrogen (secondary N) is 3. The minimum atomic E-state index is -3.92. The number of aromatic amines is 1. The fraction of sp³-hybridized carbons (Fsp3) is 0.452. The standard InChI is InChI=1S/C31H39N5O6S/c1-30(2,32)29(39)34-25(16-20-18-33-24-11-7-5-8-21(20)24)28(38)36-14-12-31(13-15-36)17-26(22-9-4-6-10-23(22)31)35-43(40,41)19-27(37)42-3/h4-11,18,25-26,33,35H,12-17,19,32H2,1-3H3,(H,34,39)/t25?,26-/m1/s1. The monoisotopic (exact) mass is 609 g/mol. The maximum absolute atomic E-state index is 14.0. The van der Waals surface area contributed by atoms with Crippen LogP contribution in [0.5, 0.6) is 0 Å². The summed E-state index contributed by atoms with van der Waals surface area (Å²) in [4.78, 5) is 43.6. The van der Waals surface area contributed by atoms with Crippen LogP contribution in [0.1, 0.15) is 55.8 Å². The Morgan fingerprint density at radius 1 is 1.12 bits per heavy atom. The van der Waals surface area contributed by atoms with Crippen molar-refractivity contribution in [2.24, 2.45) is 5.73 Å². The van der Waals surface area contributed by atoms with E-state index >= 15 is 0 Å². The molecule has 1 unspecified atom stereocenters. The van der Waals surface area contributed by atoms with E-state index < -0.39 is 45.3 Å². The molecule has 0 bridgehead atoms. The predicted octanol–water partition coefficient (Wildman–Crippen LogP) is 2.03. The summed E-state index contributed by atoms with van der Waals surface area (Å²) in [5.41, 5.74) is 8.38. The van der Waals surface area contributed by atoms with Gasteiger partial charge in [0.2, 0.25) is 21.8 Å². The molecule has 1 aromatic heterocycles. The summed E-state index contributed by atoms with van der Waals surface area (Å²) < 4.78 is 32.7. The first-order valence-corrected chi connectivity index (χ1v) is 16.1. The average molecular weight is 610 g/mol. The number of amides is 2. The zero-order valence-corrected chi connectivity index (χ0v) is 25.5. The Hall–Kier alpha value is -3.74. The average Bonchev–Trinajstić information content (AvgIpc) is 3.50. The van der Waals surface area contributed by atoms with E-state index in [4.69, 9.17) is 5.73 Å². The van der Waals surface area contributed by atoms with Crippen molar-refractivity contribution in [1.29, 1.82) is 0 Å². The number of methoxy groups -OCH3 is 1. The molecule has 11 nitrogen and oxygen atoms in total. The highest BCUT2D eigenvalue weighted by atomic mass is 32.2. The molecule has 5 N–H and O–H groups in total. The Morgan fingerprint density at radius 2 is 1.79 bits per heavy atom. The second kappa shape index (κ2) is 11.7. The minimum Gasteiger partial charge on any atom is -0.468 e. The van der Waals surface area contributed by atoms with E-state index in [0.717, 1.165) is 34.7 Å². The van der Waals surface area contributed by atoms with E-state index in [1.54, 1.807) is 18.7 Å². The molecule has 1 aliphatic carbocycles. The van der Waals surface area contributed by atoms with Crippen LogP contribution in [0.3, 0.4) is 0 Å². The molecule has 12 heteroatoms. The highest BCUT2D eigenvalue weighted by molar-refractivity contribution is 7.90. The van der Waals surface area contributed by atoms with Crippen molar-refractivity contribution >= 4 is 38.7 Å². The molecule has 1 fully saturated rings. The first-order chi connectivity index (χ1) is 20.3. The molecule has 43 heavy (non-hydrogen) atoms. The molecule has 2 aliphatic rings. The predicted molar refractivity (Wildman–Crippen MR) is 162 cm³/mol. The third-order valence-electron chi connectivity index (χ3n) is 8.68. The number of carbonyl (C=O) groups is 3. The van der Waals surface area contributed by atoms with Gasteiger partial charge in [-0.3, -0.25) is 14.4 Å². The van der Waals surface area contributed by atoms with Crippen molar-refractivity contribution < 1.29 is 27.5 Å².